The summed E-state index contributed by atoms with van der Waals surface area (Å²) < 4.78 is 5.78. The molecule has 0 unspecified atom stereocenters. The number of rotatable bonds is 10. The van der Waals surface area contributed by atoms with Crippen molar-refractivity contribution in [2.24, 2.45) is 5.41 Å². The number of carboxylic acid groups (broad SMARTS) is 1. The first-order chi connectivity index (χ1) is 12.1. The first-order valence-electron chi connectivity index (χ1n) is 8.65. The minimum atomic E-state index is -0.738. The molecule has 5 heteroatoms. The van der Waals surface area contributed by atoms with E-state index in [-0.39, 0.29) is 0 Å². The van der Waals surface area contributed by atoms with E-state index in [4.69, 9.17) is 4.74 Å². The molecule has 1 aromatic heterocycles. The van der Waals surface area contributed by atoms with Crippen LogP contribution in [0.4, 0.5) is 0 Å². The van der Waals surface area contributed by atoms with Crippen LogP contribution in [-0.4, -0.2) is 22.6 Å². The highest BCUT2D eigenvalue weighted by Crippen LogP contribution is 2.26. The molecule has 0 fully saturated rings. The van der Waals surface area contributed by atoms with E-state index in [1.807, 2.05) is 56.3 Å². The monoisotopic (exact) mass is 342 g/mol. The lowest BCUT2D eigenvalue weighted by Gasteiger charge is -2.27. The number of hydrogen-bond donors (Lipinski definition) is 2. The Bertz CT molecular complexity index is 670. The Morgan fingerprint density at radius 1 is 1.20 bits per heavy atom. The van der Waals surface area contributed by atoms with Gasteiger partial charge in [-0.05, 0) is 42.7 Å². The molecule has 0 spiro atoms. The van der Waals surface area contributed by atoms with E-state index in [1.54, 1.807) is 6.20 Å². The third kappa shape index (κ3) is 5.29. The second-order valence-corrected chi connectivity index (χ2v) is 6.15. The summed E-state index contributed by atoms with van der Waals surface area (Å²) in [5, 5.41) is 12.8. The maximum atomic E-state index is 11.5. The molecule has 1 heterocycles. The van der Waals surface area contributed by atoms with Gasteiger partial charge in [-0.25, -0.2) is 0 Å². The lowest BCUT2D eigenvalue weighted by atomic mass is 9.82. The van der Waals surface area contributed by atoms with Crippen molar-refractivity contribution in [1.29, 1.82) is 0 Å². The van der Waals surface area contributed by atoms with E-state index >= 15 is 0 Å². The summed E-state index contributed by atoms with van der Waals surface area (Å²) in [4.78, 5) is 15.8. The second kappa shape index (κ2) is 9.18. The SMILES string of the molecule is CCC(CC)(CNCc1cccc(OCc2ccccn2)c1)C(=O)O. The van der Waals surface area contributed by atoms with Crippen molar-refractivity contribution in [2.75, 3.05) is 6.54 Å². The number of aromatic nitrogens is 1. The average molecular weight is 342 g/mol. The molecule has 2 rings (SSSR count). The van der Waals surface area contributed by atoms with Gasteiger partial charge in [0.25, 0.3) is 0 Å². The number of nitrogens with zero attached hydrogens (tertiary/aromatic N) is 1. The van der Waals surface area contributed by atoms with Gasteiger partial charge in [-0.1, -0.05) is 32.0 Å². The smallest absolute Gasteiger partial charge is 0.310 e. The van der Waals surface area contributed by atoms with Crippen LogP contribution in [0.15, 0.2) is 48.7 Å². The molecular weight excluding hydrogens is 316 g/mol. The van der Waals surface area contributed by atoms with Gasteiger partial charge in [0.05, 0.1) is 11.1 Å². The predicted octanol–water partition coefficient (Wildman–Crippen LogP) is 3.64. The van der Waals surface area contributed by atoms with Crippen molar-refractivity contribution < 1.29 is 14.6 Å². The summed E-state index contributed by atoms with van der Waals surface area (Å²) in [6, 6.07) is 13.5. The Hall–Kier alpha value is -2.40. The molecule has 134 valence electrons. The van der Waals surface area contributed by atoms with Gasteiger partial charge >= 0.3 is 5.97 Å². The average Bonchev–Trinajstić information content (AvgIpc) is 2.65. The molecule has 0 aliphatic carbocycles. The molecule has 0 aliphatic heterocycles. The fourth-order valence-corrected chi connectivity index (χ4v) is 2.71. The molecule has 25 heavy (non-hydrogen) atoms. The highest BCUT2D eigenvalue weighted by molar-refractivity contribution is 5.74. The summed E-state index contributed by atoms with van der Waals surface area (Å²) in [5.41, 5.74) is 1.24. The standard InChI is InChI=1S/C20H26N2O3/c1-3-20(4-2,19(23)24)15-21-13-16-8-7-10-18(12-16)25-14-17-9-5-6-11-22-17/h5-12,21H,3-4,13-15H2,1-2H3,(H,23,24). The number of hydrogen-bond acceptors (Lipinski definition) is 4. The summed E-state index contributed by atoms with van der Waals surface area (Å²) in [6.45, 7) is 5.33. The third-order valence-electron chi connectivity index (χ3n) is 4.61. The van der Waals surface area contributed by atoms with Gasteiger partial charge in [0.1, 0.15) is 12.4 Å². The number of carbonyl (C=O) groups is 1. The van der Waals surface area contributed by atoms with Crippen LogP contribution < -0.4 is 10.1 Å². The molecule has 0 atom stereocenters. The fourth-order valence-electron chi connectivity index (χ4n) is 2.71. The highest BCUT2D eigenvalue weighted by atomic mass is 16.5. The number of pyridine rings is 1. The summed E-state index contributed by atoms with van der Waals surface area (Å²) in [6.07, 6.45) is 2.97. The van der Waals surface area contributed by atoms with E-state index in [1.165, 1.54) is 0 Å². The van der Waals surface area contributed by atoms with E-state index in [2.05, 4.69) is 10.3 Å². The second-order valence-electron chi connectivity index (χ2n) is 6.15. The van der Waals surface area contributed by atoms with Crippen molar-refractivity contribution in [2.45, 2.75) is 39.8 Å². The first kappa shape index (κ1) is 18.9. The quantitative estimate of drug-likeness (QED) is 0.690. The van der Waals surface area contributed by atoms with Gasteiger partial charge in [-0.3, -0.25) is 9.78 Å². The van der Waals surface area contributed by atoms with Crippen molar-refractivity contribution >= 4 is 5.97 Å². The number of carboxylic acids is 1. The van der Waals surface area contributed by atoms with E-state index in [0.717, 1.165) is 17.0 Å². The topological polar surface area (TPSA) is 71.5 Å². The van der Waals surface area contributed by atoms with Crippen LogP contribution in [0.25, 0.3) is 0 Å². The summed E-state index contributed by atoms with van der Waals surface area (Å²) in [7, 11) is 0. The molecule has 0 bridgehead atoms. The molecule has 0 saturated carbocycles. The van der Waals surface area contributed by atoms with Crippen LogP contribution in [0.3, 0.4) is 0 Å². The summed E-state index contributed by atoms with van der Waals surface area (Å²) >= 11 is 0. The molecule has 0 saturated heterocycles. The van der Waals surface area contributed by atoms with Gasteiger partial charge in [0.15, 0.2) is 0 Å². The molecular formula is C20H26N2O3. The van der Waals surface area contributed by atoms with Crippen molar-refractivity contribution in [3.8, 4) is 5.75 Å². The van der Waals surface area contributed by atoms with Gasteiger partial charge in [-0.2, -0.15) is 0 Å². The number of benzene rings is 1. The molecule has 2 aromatic rings. The Kier molecular flexibility index (Phi) is 6.95. The van der Waals surface area contributed by atoms with Crippen LogP contribution in [-0.2, 0) is 17.9 Å². The van der Waals surface area contributed by atoms with Crippen LogP contribution in [0.2, 0.25) is 0 Å². The van der Waals surface area contributed by atoms with Crippen LogP contribution in [0.1, 0.15) is 37.9 Å². The minimum Gasteiger partial charge on any atom is -0.487 e. The van der Waals surface area contributed by atoms with Gasteiger partial charge in [0, 0.05) is 19.3 Å². The van der Waals surface area contributed by atoms with Gasteiger partial charge < -0.3 is 15.2 Å². The van der Waals surface area contributed by atoms with E-state index in [9.17, 15) is 9.90 Å². The number of nitrogens with one attached hydrogen (secondary N) is 1. The Balaban J connectivity index is 1.89. The number of aliphatic carboxylic acids is 1. The molecule has 5 nitrogen and oxygen atoms in total. The maximum Gasteiger partial charge on any atom is 0.310 e. The van der Waals surface area contributed by atoms with Crippen LogP contribution >= 0.6 is 0 Å². The van der Waals surface area contributed by atoms with E-state index < -0.39 is 11.4 Å². The van der Waals surface area contributed by atoms with Crippen LogP contribution in [0, 0.1) is 5.41 Å². The van der Waals surface area contributed by atoms with Crippen LogP contribution in [0.5, 0.6) is 5.75 Å². The molecule has 0 radical (unpaired) electrons. The van der Waals surface area contributed by atoms with E-state index in [0.29, 0.717) is 32.5 Å². The lowest BCUT2D eigenvalue weighted by Crippen LogP contribution is -2.40. The van der Waals surface area contributed by atoms with Gasteiger partial charge in [0.2, 0.25) is 0 Å². The normalized spacial score (nSPS) is 11.3. The number of ether oxygens (including phenoxy) is 1. The Morgan fingerprint density at radius 3 is 2.64 bits per heavy atom. The fraction of sp³-hybridized carbons (Fsp3) is 0.400. The highest BCUT2D eigenvalue weighted by Gasteiger charge is 2.34. The molecule has 0 aliphatic rings. The molecule has 1 aromatic carbocycles. The van der Waals surface area contributed by atoms with Crippen molar-refractivity contribution in [3.63, 3.8) is 0 Å². The molecule has 0 amide bonds. The predicted molar refractivity (Wildman–Crippen MR) is 97.4 cm³/mol. The van der Waals surface area contributed by atoms with Crippen molar-refractivity contribution in [3.05, 3.63) is 59.9 Å². The zero-order chi connectivity index (χ0) is 18.1. The maximum absolute atomic E-state index is 11.5. The first-order valence-corrected chi connectivity index (χ1v) is 8.65. The lowest BCUT2D eigenvalue weighted by molar-refractivity contribution is -0.149. The zero-order valence-electron chi connectivity index (χ0n) is 14.9. The third-order valence-corrected chi connectivity index (χ3v) is 4.61. The van der Waals surface area contributed by atoms with Crippen molar-refractivity contribution in [1.82, 2.24) is 10.3 Å². The largest absolute Gasteiger partial charge is 0.487 e. The molecule has 2 N–H and O–H groups in total. The summed E-state index contributed by atoms with van der Waals surface area (Å²) in [5.74, 6) is 0.0397. The Morgan fingerprint density at radius 2 is 2.00 bits per heavy atom. The Labute approximate surface area is 149 Å². The van der Waals surface area contributed by atoms with Gasteiger partial charge in [-0.15, -0.1) is 0 Å². The zero-order valence-corrected chi connectivity index (χ0v) is 14.9. The minimum absolute atomic E-state index is 0.422.